The quantitative estimate of drug-likeness (QED) is 0.770. The number of carbonyl (C=O) groups is 2. The molecule has 0 saturated heterocycles. The Morgan fingerprint density at radius 3 is 2.37 bits per heavy atom. The summed E-state index contributed by atoms with van der Waals surface area (Å²) in [5, 5.41) is 11.6. The van der Waals surface area contributed by atoms with Crippen molar-refractivity contribution in [2.24, 2.45) is 0 Å². The van der Waals surface area contributed by atoms with Gasteiger partial charge in [0.05, 0.1) is 7.11 Å². The van der Waals surface area contributed by atoms with Gasteiger partial charge < -0.3 is 15.2 Å². The summed E-state index contributed by atoms with van der Waals surface area (Å²) in [5.41, 5.74) is 0.900. The van der Waals surface area contributed by atoms with E-state index < -0.39 is 0 Å². The van der Waals surface area contributed by atoms with Crippen LogP contribution in [0.1, 0.15) is 27.1 Å². The molecule has 1 aliphatic rings. The van der Waals surface area contributed by atoms with Crippen molar-refractivity contribution in [3.05, 3.63) is 46.8 Å². The largest absolute Gasteiger partial charge is 0.491 e. The van der Waals surface area contributed by atoms with Crippen LogP contribution in [0.2, 0.25) is 0 Å². The molecule has 1 aliphatic carbocycles. The lowest BCUT2D eigenvalue weighted by Crippen LogP contribution is -2.31. The molecule has 100 valence electrons. The van der Waals surface area contributed by atoms with Crippen molar-refractivity contribution in [2.75, 3.05) is 20.3 Å². The molecule has 1 aromatic rings. The highest BCUT2D eigenvalue weighted by Crippen LogP contribution is 2.25. The zero-order chi connectivity index (χ0) is 13.8. The number of Topliss-reactive ketones (excluding diaryl/α,β-unsaturated/α-hetero) is 2. The lowest BCUT2D eigenvalue weighted by molar-refractivity contribution is 0.0899. The van der Waals surface area contributed by atoms with Crippen LogP contribution in [0.15, 0.2) is 35.7 Å². The first-order chi connectivity index (χ1) is 9.20. The maximum absolute atomic E-state index is 12.3. The van der Waals surface area contributed by atoms with Crippen molar-refractivity contribution in [3.8, 4) is 0 Å². The second-order valence-corrected chi connectivity index (χ2v) is 4.12. The van der Waals surface area contributed by atoms with E-state index in [9.17, 15) is 9.59 Å². The third kappa shape index (κ3) is 2.37. The molecular formula is C14H15NO4. The summed E-state index contributed by atoms with van der Waals surface area (Å²) in [6, 6.07) is 6.66. The predicted molar refractivity (Wildman–Crippen MR) is 68.8 cm³/mol. The molecule has 0 aromatic heterocycles. The number of hydrogen-bond acceptors (Lipinski definition) is 5. The number of benzene rings is 1. The number of carbonyl (C=O) groups excluding carboxylic acids is 2. The highest BCUT2D eigenvalue weighted by molar-refractivity contribution is 6.25. The molecule has 0 atom stereocenters. The lowest BCUT2D eigenvalue weighted by Gasteiger charge is -2.20. The van der Waals surface area contributed by atoms with Crippen molar-refractivity contribution < 1.29 is 19.4 Å². The first kappa shape index (κ1) is 13.3. The van der Waals surface area contributed by atoms with Gasteiger partial charge in [-0.15, -0.1) is 0 Å². The highest BCUT2D eigenvalue weighted by atomic mass is 16.5. The predicted octanol–water partition coefficient (Wildman–Crippen LogP) is 0.896. The number of fused-ring (bicyclic) bond motifs is 1. The van der Waals surface area contributed by atoms with Crippen LogP contribution in [-0.4, -0.2) is 36.9 Å². The molecule has 0 aliphatic heterocycles. The van der Waals surface area contributed by atoms with Gasteiger partial charge in [-0.1, -0.05) is 24.3 Å². The molecule has 0 bridgehead atoms. The number of ketones is 2. The van der Waals surface area contributed by atoms with Gasteiger partial charge in [0.2, 0.25) is 11.6 Å². The van der Waals surface area contributed by atoms with E-state index in [1.165, 1.54) is 7.11 Å². The number of aliphatic hydroxyl groups is 1. The van der Waals surface area contributed by atoms with Gasteiger partial charge in [-0.05, 0) is 6.42 Å². The number of hydrogen-bond donors (Lipinski definition) is 2. The van der Waals surface area contributed by atoms with Gasteiger partial charge in [0.1, 0.15) is 5.70 Å². The summed E-state index contributed by atoms with van der Waals surface area (Å²) in [5.74, 6) is -0.532. The van der Waals surface area contributed by atoms with Gasteiger partial charge >= 0.3 is 0 Å². The molecule has 19 heavy (non-hydrogen) atoms. The topological polar surface area (TPSA) is 75.6 Å². The average molecular weight is 261 g/mol. The van der Waals surface area contributed by atoms with E-state index in [0.717, 1.165) is 0 Å². The van der Waals surface area contributed by atoms with E-state index in [1.54, 1.807) is 24.3 Å². The standard InChI is InChI=1S/C14H15NO4/c1-19-14-11(15-7-4-8-16)12(17)9-5-2-3-6-10(9)13(14)18/h2-3,5-6,15-16H,4,7-8H2,1H3. The average Bonchev–Trinajstić information content (AvgIpc) is 2.44. The maximum atomic E-state index is 12.3. The van der Waals surface area contributed by atoms with E-state index in [-0.39, 0.29) is 29.6 Å². The third-order valence-corrected chi connectivity index (χ3v) is 2.92. The molecule has 5 heteroatoms. The van der Waals surface area contributed by atoms with Crippen LogP contribution >= 0.6 is 0 Å². The number of nitrogens with one attached hydrogen (secondary N) is 1. The Bertz CT molecular complexity index is 548. The Labute approximate surface area is 110 Å². The normalized spacial score (nSPS) is 14.4. The Kier molecular flexibility index (Phi) is 3.97. The summed E-state index contributed by atoms with van der Waals surface area (Å²) >= 11 is 0. The minimum absolute atomic E-state index is 0.0152. The van der Waals surface area contributed by atoms with E-state index in [2.05, 4.69) is 5.32 Å². The van der Waals surface area contributed by atoms with Crippen molar-refractivity contribution in [1.29, 1.82) is 0 Å². The van der Waals surface area contributed by atoms with Crippen molar-refractivity contribution in [1.82, 2.24) is 5.32 Å². The monoisotopic (exact) mass is 261 g/mol. The van der Waals surface area contributed by atoms with E-state index in [0.29, 0.717) is 24.1 Å². The molecule has 0 unspecified atom stereocenters. The van der Waals surface area contributed by atoms with E-state index >= 15 is 0 Å². The summed E-state index contributed by atoms with van der Waals surface area (Å²) in [7, 11) is 1.36. The molecule has 1 aromatic carbocycles. The fourth-order valence-corrected chi connectivity index (χ4v) is 2.00. The summed E-state index contributed by atoms with van der Waals surface area (Å²) in [6.07, 6.45) is 0.490. The number of ether oxygens (including phenoxy) is 1. The highest BCUT2D eigenvalue weighted by Gasteiger charge is 2.32. The molecule has 5 nitrogen and oxygen atoms in total. The summed E-state index contributed by atoms with van der Waals surface area (Å²) in [4.78, 5) is 24.5. The molecule has 0 spiro atoms. The minimum Gasteiger partial charge on any atom is -0.491 e. The van der Waals surface area contributed by atoms with Gasteiger partial charge in [0.15, 0.2) is 5.76 Å². The smallest absolute Gasteiger partial charge is 0.230 e. The molecule has 0 fully saturated rings. The minimum atomic E-state index is -0.302. The van der Waals surface area contributed by atoms with Crippen molar-refractivity contribution >= 4 is 11.6 Å². The summed E-state index contributed by atoms with van der Waals surface area (Å²) in [6.45, 7) is 0.418. The fraction of sp³-hybridized carbons (Fsp3) is 0.286. The SMILES string of the molecule is COC1=C(NCCCO)C(=O)c2ccccc2C1=O. The second kappa shape index (κ2) is 5.67. The number of allylic oxidation sites excluding steroid dienone is 2. The number of aliphatic hydroxyl groups excluding tert-OH is 1. The van der Waals surface area contributed by atoms with Crippen molar-refractivity contribution in [3.63, 3.8) is 0 Å². The first-order valence-electron chi connectivity index (χ1n) is 6.02. The molecule has 2 rings (SSSR count). The van der Waals surface area contributed by atoms with Crippen LogP contribution in [0.3, 0.4) is 0 Å². The zero-order valence-corrected chi connectivity index (χ0v) is 10.6. The molecule has 0 heterocycles. The van der Waals surface area contributed by atoms with Crippen LogP contribution in [-0.2, 0) is 4.74 Å². The molecule has 0 saturated carbocycles. The molecule has 2 N–H and O–H groups in total. The van der Waals surface area contributed by atoms with Gasteiger partial charge in [0.25, 0.3) is 0 Å². The van der Waals surface area contributed by atoms with E-state index in [4.69, 9.17) is 9.84 Å². The Balaban J connectivity index is 2.39. The van der Waals surface area contributed by atoms with Gasteiger partial charge in [-0.3, -0.25) is 9.59 Å². The third-order valence-electron chi connectivity index (χ3n) is 2.92. The van der Waals surface area contributed by atoms with Gasteiger partial charge in [-0.25, -0.2) is 0 Å². The van der Waals surface area contributed by atoms with Crippen LogP contribution in [0.5, 0.6) is 0 Å². The van der Waals surface area contributed by atoms with Crippen LogP contribution in [0.4, 0.5) is 0 Å². The zero-order valence-electron chi connectivity index (χ0n) is 10.6. The lowest BCUT2D eigenvalue weighted by atomic mass is 9.91. The maximum Gasteiger partial charge on any atom is 0.230 e. The molecular weight excluding hydrogens is 246 g/mol. The summed E-state index contributed by atoms with van der Waals surface area (Å²) < 4.78 is 5.06. The Hall–Kier alpha value is -2.14. The fourth-order valence-electron chi connectivity index (χ4n) is 2.00. The Morgan fingerprint density at radius 1 is 1.16 bits per heavy atom. The Morgan fingerprint density at radius 2 is 1.79 bits per heavy atom. The second-order valence-electron chi connectivity index (χ2n) is 4.12. The number of rotatable bonds is 5. The molecule has 0 amide bonds. The van der Waals surface area contributed by atoms with Crippen molar-refractivity contribution in [2.45, 2.75) is 6.42 Å². The first-order valence-corrected chi connectivity index (χ1v) is 6.02. The van der Waals surface area contributed by atoms with Gasteiger partial charge in [0, 0.05) is 24.3 Å². The van der Waals surface area contributed by atoms with E-state index in [1.807, 2.05) is 0 Å². The number of methoxy groups -OCH3 is 1. The van der Waals surface area contributed by atoms with Crippen LogP contribution < -0.4 is 5.32 Å². The van der Waals surface area contributed by atoms with Gasteiger partial charge in [-0.2, -0.15) is 0 Å². The van der Waals surface area contributed by atoms with Crippen LogP contribution in [0, 0.1) is 0 Å². The molecule has 0 radical (unpaired) electrons. The van der Waals surface area contributed by atoms with Crippen LogP contribution in [0.25, 0.3) is 0 Å².